The number of ether oxygens (including phenoxy) is 2. The summed E-state index contributed by atoms with van der Waals surface area (Å²) in [5.41, 5.74) is 6.31. The molecule has 0 spiro atoms. The van der Waals surface area contributed by atoms with Crippen molar-refractivity contribution in [3.05, 3.63) is 99.6 Å². The number of aromatic nitrogens is 3. The van der Waals surface area contributed by atoms with Crippen molar-refractivity contribution in [3.8, 4) is 11.1 Å². The number of hydrogen-bond acceptors (Lipinski definition) is 8. The molecule has 0 bridgehead atoms. The molecule has 0 aliphatic rings. The number of benzene rings is 2. The molecule has 0 unspecified atom stereocenters. The molecule has 0 aliphatic heterocycles. The van der Waals surface area contributed by atoms with Gasteiger partial charge >= 0.3 is 0 Å². The lowest BCUT2D eigenvalue weighted by Gasteiger charge is -2.24. The van der Waals surface area contributed by atoms with Gasteiger partial charge in [-0.1, -0.05) is 12.1 Å². The zero-order valence-electron chi connectivity index (χ0n) is 23.3. The molecule has 0 saturated heterocycles. The highest BCUT2D eigenvalue weighted by molar-refractivity contribution is 7.91. The molecule has 2 heterocycles. The van der Waals surface area contributed by atoms with Crippen LogP contribution in [0.25, 0.3) is 11.1 Å². The summed E-state index contributed by atoms with van der Waals surface area (Å²) in [6, 6.07) is 8.54. The van der Waals surface area contributed by atoms with E-state index in [9.17, 15) is 26.4 Å². The second-order valence-electron chi connectivity index (χ2n) is 9.75. The minimum atomic E-state index is -4.57. The molecule has 13 heteroatoms. The SMILES string of the molecule is COC[C@@H](c1cc(F)cc(F)c1)n1c(COC(C)C)nc(N)c(S(=O)(=O)c2ccc(-c3ccnc(F)c3C)cc2)c1=O. The fraction of sp³-hybridized carbons (Fsp3) is 0.276. The second-order valence-corrected chi connectivity index (χ2v) is 11.6. The maximum Gasteiger partial charge on any atom is 0.275 e. The van der Waals surface area contributed by atoms with Crippen molar-refractivity contribution in [1.29, 1.82) is 0 Å². The van der Waals surface area contributed by atoms with Gasteiger partial charge in [-0.25, -0.2) is 27.2 Å². The van der Waals surface area contributed by atoms with Gasteiger partial charge in [0.25, 0.3) is 5.56 Å². The molecule has 2 N–H and O–H groups in total. The van der Waals surface area contributed by atoms with Crippen molar-refractivity contribution in [3.63, 3.8) is 0 Å². The molecule has 0 amide bonds. The van der Waals surface area contributed by atoms with Gasteiger partial charge in [0.05, 0.1) is 23.6 Å². The van der Waals surface area contributed by atoms with Gasteiger partial charge in [-0.05, 0) is 67.8 Å². The lowest BCUT2D eigenvalue weighted by atomic mass is 10.0. The molecular weight excluding hydrogens is 573 g/mol. The molecule has 0 saturated carbocycles. The Morgan fingerprint density at radius 1 is 1.02 bits per heavy atom. The van der Waals surface area contributed by atoms with Crippen molar-refractivity contribution in [2.75, 3.05) is 19.5 Å². The summed E-state index contributed by atoms with van der Waals surface area (Å²) in [6.45, 7) is 4.50. The Morgan fingerprint density at radius 2 is 1.67 bits per heavy atom. The first-order valence-electron chi connectivity index (χ1n) is 12.8. The van der Waals surface area contributed by atoms with Gasteiger partial charge in [-0.15, -0.1) is 0 Å². The van der Waals surface area contributed by atoms with Crippen LogP contribution in [0, 0.1) is 24.5 Å². The van der Waals surface area contributed by atoms with E-state index in [1.54, 1.807) is 26.8 Å². The number of pyridine rings is 1. The standard InChI is InChI=1S/C29H29F3N4O5S/c1-16(2)41-15-25-35-28(33)26(29(37)36(25)24(14-40-4)19-11-20(30)13-21(31)12-19)42(38,39)22-7-5-18(6-8-22)23-9-10-34-27(32)17(23)3/h5-13,16,24H,14-15,33H2,1-4H3/t24-/m0/s1. The molecular formula is C29H29F3N4O5S. The molecule has 0 fully saturated rings. The van der Waals surface area contributed by atoms with E-state index in [2.05, 4.69) is 9.97 Å². The predicted molar refractivity (Wildman–Crippen MR) is 149 cm³/mol. The Labute approximate surface area is 240 Å². The average molecular weight is 603 g/mol. The Kier molecular flexibility index (Phi) is 9.14. The number of rotatable bonds is 10. The number of halogens is 3. The van der Waals surface area contributed by atoms with Crippen molar-refractivity contribution < 1.29 is 31.1 Å². The van der Waals surface area contributed by atoms with E-state index < -0.39 is 49.7 Å². The first-order chi connectivity index (χ1) is 19.8. The molecule has 2 aromatic heterocycles. The topological polar surface area (TPSA) is 126 Å². The predicted octanol–water partition coefficient (Wildman–Crippen LogP) is 4.61. The molecule has 4 rings (SSSR count). The van der Waals surface area contributed by atoms with E-state index in [0.29, 0.717) is 17.2 Å². The lowest BCUT2D eigenvalue weighted by Crippen LogP contribution is -2.36. The summed E-state index contributed by atoms with van der Waals surface area (Å²) >= 11 is 0. The van der Waals surface area contributed by atoms with Gasteiger partial charge < -0.3 is 15.2 Å². The van der Waals surface area contributed by atoms with Crippen molar-refractivity contribution in [2.45, 2.75) is 49.3 Å². The highest BCUT2D eigenvalue weighted by Crippen LogP contribution is 2.29. The van der Waals surface area contributed by atoms with Crippen LogP contribution in [0.4, 0.5) is 19.0 Å². The average Bonchev–Trinajstić information content (AvgIpc) is 2.92. The zero-order chi connectivity index (χ0) is 30.8. The van der Waals surface area contributed by atoms with Gasteiger partial charge in [-0.2, -0.15) is 4.39 Å². The van der Waals surface area contributed by atoms with Crippen LogP contribution in [0.3, 0.4) is 0 Å². The number of nitrogens with zero attached hydrogens (tertiary/aromatic N) is 3. The van der Waals surface area contributed by atoms with Crippen LogP contribution >= 0.6 is 0 Å². The van der Waals surface area contributed by atoms with Crippen molar-refractivity contribution in [2.24, 2.45) is 0 Å². The fourth-order valence-electron chi connectivity index (χ4n) is 4.50. The van der Waals surface area contributed by atoms with E-state index in [4.69, 9.17) is 15.2 Å². The van der Waals surface area contributed by atoms with Crippen LogP contribution < -0.4 is 11.3 Å². The monoisotopic (exact) mass is 602 g/mol. The maximum atomic E-state index is 14.2. The molecule has 0 aliphatic carbocycles. The first-order valence-corrected chi connectivity index (χ1v) is 14.3. The normalized spacial score (nSPS) is 12.6. The Balaban J connectivity index is 1.90. The highest BCUT2D eigenvalue weighted by Gasteiger charge is 2.31. The summed E-state index contributed by atoms with van der Waals surface area (Å²) in [5.74, 6) is -3.10. The number of methoxy groups -OCH3 is 1. The Hall–Kier alpha value is -4.07. The second kappa shape index (κ2) is 12.4. The molecule has 1 atom stereocenters. The summed E-state index contributed by atoms with van der Waals surface area (Å²) in [6.07, 6.45) is 0.992. The van der Waals surface area contributed by atoms with Gasteiger partial charge in [0.15, 0.2) is 10.7 Å². The molecule has 222 valence electrons. The first kappa shape index (κ1) is 30.9. The third-order valence-electron chi connectivity index (χ3n) is 6.51. The molecule has 42 heavy (non-hydrogen) atoms. The van der Waals surface area contributed by atoms with E-state index in [-0.39, 0.29) is 41.2 Å². The molecule has 0 radical (unpaired) electrons. The highest BCUT2D eigenvalue weighted by atomic mass is 32.2. The molecule has 9 nitrogen and oxygen atoms in total. The minimum absolute atomic E-state index is 0.00136. The Bertz CT molecular complexity index is 1760. The van der Waals surface area contributed by atoms with E-state index in [1.807, 2.05) is 0 Å². The summed E-state index contributed by atoms with van der Waals surface area (Å²) in [7, 11) is -3.25. The number of nitrogen functional groups attached to an aromatic ring is 1. The summed E-state index contributed by atoms with van der Waals surface area (Å²) in [5, 5.41) is 0. The van der Waals surface area contributed by atoms with Crippen LogP contribution in [0.1, 0.15) is 36.8 Å². The van der Waals surface area contributed by atoms with Crippen LogP contribution in [0.5, 0.6) is 0 Å². The number of sulfone groups is 1. The minimum Gasteiger partial charge on any atom is -0.382 e. The smallest absolute Gasteiger partial charge is 0.275 e. The van der Waals surface area contributed by atoms with Gasteiger partial charge in [-0.3, -0.25) is 9.36 Å². The van der Waals surface area contributed by atoms with Crippen LogP contribution in [0.2, 0.25) is 0 Å². The molecule has 4 aromatic rings. The van der Waals surface area contributed by atoms with Crippen molar-refractivity contribution in [1.82, 2.24) is 14.5 Å². The summed E-state index contributed by atoms with van der Waals surface area (Å²) < 4.78 is 81.9. The zero-order valence-corrected chi connectivity index (χ0v) is 24.1. The van der Waals surface area contributed by atoms with Gasteiger partial charge in [0.2, 0.25) is 15.8 Å². The quantitative estimate of drug-likeness (QED) is 0.261. The van der Waals surface area contributed by atoms with Crippen LogP contribution in [-0.4, -0.2) is 42.8 Å². The van der Waals surface area contributed by atoms with E-state index in [1.165, 1.54) is 37.6 Å². The van der Waals surface area contributed by atoms with Crippen molar-refractivity contribution >= 4 is 15.7 Å². The van der Waals surface area contributed by atoms with Gasteiger partial charge in [0, 0.05) is 24.9 Å². The lowest BCUT2D eigenvalue weighted by molar-refractivity contribution is 0.0564. The molecule has 2 aromatic carbocycles. The number of anilines is 1. The van der Waals surface area contributed by atoms with Gasteiger partial charge in [0.1, 0.15) is 24.1 Å². The summed E-state index contributed by atoms with van der Waals surface area (Å²) in [4.78, 5) is 20.7. The third-order valence-corrected chi connectivity index (χ3v) is 8.33. The van der Waals surface area contributed by atoms with Crippen LogP contribution in [-0.2, 0) is 25.9 Å². The fourth-order valence-corrected chi connectivity index (χ4v) is 5.88. The van der Waals surface area contributed by atoms with E-state index in [0.717, 1.165) is 16.7 Å². The largest absolute Gasteiger partial charge is 0.382 e. The Morgan fingerprint density at radius 3 is 2.26 bits per heavy atom. The number of nitrogens with two attached hydrogens (primary N) is 1. The van der Waals surface area contributed by atoms with E-state index >= 15 is 0 Å². The maximum absolute atomic E-state index is 14.2. The van der Waals surface area contributed by atoms with Crippen LogP contribution in [0.15, 0.2) is 69.3 Å². The third kappa shape index (κ3) is 6.22. The number of hydrogen-bond donors (Lipinski definition) is 1.